The van der Waals surface area contributed by atoms with Crippen LogP contribution in [0.1, 0.15) is 61.4 Å². The van der Waals surface area contributed by atoms with E-state index in [1.54, 1.807) is 43.3 Å². The normalized spacial score (nSPS) is 10.4. The van der Waals surface area contributed by atoms with Crippen molar-refractivity contribution in [1.29, 1.82) is 0 Å². The van der Waals surface area contributed by atoms with E-state index in [0.717, 1.165) is 18.4 Å². The van der Waals surface area contributed by atoms with Crippen molar-refractivity contribution >= 4 is 50.9 Å². The van der Waals surface area contributed by atoms with Gasteiger partial charge in [0, 0.05) is 29.1 Å². The third-order valence-corrected chi connectivity index (χ3v) is 5.92. The molecular formula is C24H29BrClN3O4. The number of unbranched alkanes of at least 4 members (excludes halogenated alkanes) is 3. The molecule has 178 valence electrons. The molecular weight excluding hydrogens is 510 g/mol. The van der Waals surface area contributed by atoms with Crippen molar-refractivity contribution in [3.8, 4) is 5.75 Å². The third kappa shape index (κ3) is 9.06. The molecule has 0 saturated carbocycles. The maximum absolute atomic E-state index is 12.3. The molecule has 7 nitrogen and oxygen atoms in total. The van der Waals surface area contributed by atoms with E-state index >= 15 is 0 Å². The molecule has 2 aromatic carbocycles. The quantitative estimate of drug-likeness (QED) is 0.258. The summed E-state index contributed by atoms with van der Waals surface area (Å²) in [5, 5.41) is 3.27. The topological polar surface area (TPSA) is 96.5 Å². The van der Waals surface area contributed by atoms with Gasteiger partial charge in [-0.15, -0.1) is 0 Å². The predicted octanol–water partition coefficient (Wildman–Crippen LogP) is 5.55. The van der Waals surface area contributed by atoms with Crippen LogP contribution in [0.15, 0.2) is 40.9 Å². The first-order valence-corrected chi connectivity index (χ1v) is 12.1. The summed E-state index contributed by atoms with van der Waals surface area (Å²) >= 11 is 9.45. The first-order valence-electron chi connectivity index (χ1n) is 10.9. The van der Waals surface area contributed by atoms with E-state index in [9.17, 15) is 14.4 Å². The van der Waals surface area contributed by atoms with Crippen molar-refractivity contribution in [3.63, 3.8) is 0 Å². The molecule has 0 bridgehead atoms. The molecule has 2 rings (SSSR count). The summed E-state index contributed by atoms with van der Waals surface area (Å²) in [4.78, 5) is 36.4. The number of ether oxygens (including phenoxy) is 1. The molecule has 0 aliphatic heterocycles. The van der Waals surface area contributed by atoms with Crippen LogP contribution >= 0.6 is 27.5 Å². The summed E-state index contributed by atoms with van der Waals surface area (Å²) in [6.45, 7) is 4.57. The predicted molar refractivity (Wildman–Crippen MR) is 133 cm³/mol. The number of carbonyl (C=O) groups excluding carboxylic acids is 3. The molecule has 2 aromatic rings. The number of rotatable bonds is 11. The standard InChI is InChI=1S/C24H29BrClN3O4/c1-3-4-5-6-14-33-21-11-10-17(15-18(21)25)24(32)29-28-23(31)13-12-22(30)27-20-9-7-8-19(26)16(20)2/h7-11,15H,3-6,12-14H2,1-2H3,(H,27,30)(H,28,31)(H,29,32). The Labute approximate surface area is 207 Å². The fourth-order valence-corrected chi connectivity index (χ4v) is 3.58. The third-order valence-electron chi connectivity index (χ3n) is 4.89. The minimum Gasteiger partial charge on any atom is -0.492 e. The van der Waals surface area contributed by atoms with Crippen molar-refractivity contribution in [3.05, 3.63) is 57.0 Å². The molecule has 0 aliphatic carbocycles. The summed E-state index contributed by atoms with van der Waals surface area (Å²) in [7, 11) is 0. The van der Waals surface area contributed by atoms with E-state index in [-0.39, 0.29) is 18.7 Å². The first-order chi connectivity index (χ1) is 15.8. The van der Waals surface area contributed by atoms with Gasteiger partial charge in [0.2, 0.25) is 11.8 Å². The number of carbonyl (C=O) groups is 3. The number of hydrogen-bond acceptors (Lipinski definition) is 4. The molecule has 9 heteroatoms. The molecule has 0 aliphatic rings. The molecule has 0 spiro atoms. The molecule has 0 heterocycles. The minimum absolute atomic E-state index is 0.0382. The molecule has 0 radical (unpaired) electrons. The Kier molecular flexibility index (Phi) is 11.2. The zero-order valence-corrected chi connectivity index (χ0v) is 21.1. The van der Waals surface area contributed by atoms with Crippen LogP contribution in [-0.4, -0.2) is 24.3 Å². The SMILES string of the molecule is CCCCCCOc1ccc(C(=O)NNC(=O)CCC(=O)Nc2cccc(Cl)c2C)cc1Br. The fourth-order valence-electron chi connectivity index (χ4n) is 2.91. The van der Waals surface area contributed by atoms with Gasteiger partial charge >= 0.3 is 0 Å². The van der Waals surface area contributed by atoms with Crippen LogP contribution in [0.5, 0.6) is 5.75 Å². The lowest BCUT2D eigenvalue weighted by atomic mass is 10.2. The molecule has 33 heavy (non-hydrogen) atoms. The van der Waals surface area contributed by atoms with Crippen LogP contribution in [0.25, 0.3) is 0 Å². The summed E-state index contributed by atoms with van der Waals surface area (Å²) in [6.07, 6.45) is 4.33. The number of hydrogen-bond donors (Lipinski definition) is 3. The number of hydrazine groups is 1. The van der Waals surface area contributed by atoms with Gasteiger partial charge in [0.25, 0.3) is 5.91 Å². The highest BCUT2D eigenvalue weighted by molar-refractivity contribution is 9.10. The number of benzene rings is 2. The second-order valence-electron chi connectivity index (χ2n) is 7.52. The summed E-state index contributed by atoms with van der Waals surface area (Å²) in [5.41, 5.74) is 6.38. The highest BCUT2D eigenvalue weighted by atomic mass is 79.9. The maximum Gasteiger partial charge on any atom is 0.269 e. The van der Waals surface area contributed by atoms with Gasteiger partial charge in [-0.3, -0.25) is 25.2 Å². The molecule has 0 atom stereocenters. The Bertz CT molecular complexity index is 984. The minimum atomic E-state index is -0.479. The highest BCUT2D eigenvalue weighted by Crippen LogP contribution is 2.26. The number of anilines is 1. The average Bonchev–Trinajstić information content (AvgIpc) is 2.79. The van der Waals surface area contributed by atoms with Gasteiger partial charge in [-0.2, -0.15) is 0 Å². The Morgan fingerprint density at radius 2 is 1.76 bits per heavy atom. The molecule has 3 amide bonds. The van der Waals surface area contributed by atoms with Crippen molar-refractivity contribution in [1.82, 2.24) is 10.9 Å². The van der Waals surface area contributed by atoms with Crippen LogP contribution in [-0.2, 0) is 9.59 Å². The van der Waals surface area contributed by atoms with Crippen molar-refractivity contribution < 1.29 is 19.1 Å². The lowest BCUT2D eigenvalue weighted by Crippen LogP contribution is -2.41. The lowest BCUT2D eigenvalue weighted by molar-refractivity contribution is -0.124. The first kappa shape index (κ1) is 26.7. The second-order valence-corrected chi connectivity index (χ2v) is 8.78. The number of nitrogens with one attached hydrogen (secondary N) is 3. The number of halogens is 2. The van der Waals surface area contributed by atoms with Gasteiger partial charge in [-0.05, 0) is 65.2 Å². The van der Waals surface area contributed by atoms with E-state index in [0.29, 0.717) is 33.1 Å². The zero-order valence-electron chi connectivity index (χ0n) is 18.8. The van der Waals surface area contributed by atoms with Crippen molar-refractivity contribution in [2.75, 3.05) is 11.9 Å². The monoisotopic (exact) mass is 537 g/mol. The van der Waals surface area contributed by atoms with E-state index in [4.69, 9.17) is 16.3 Å². The van der Waals surface area contributed by atoms with Crippen LogP contribution in [0.3, 0.4) is 0 Å². The summed E-state index contributed by atoms with van der Waals surface area (Å²) in [6, 6.07) is 10.2. The Morgan fingerprint density at radius 3 is 2.48 bits per heavy atom. The summed E-state index contributed by atoms with van der Waals surface area (Å²) < 4.78 is 6.39. The Balaban J connectivity index is 1.74. The smallest absolute Gasteiger partial charge is 0.269 e. The highest BCUT2D eigenvalue weighted by Gasteiger charge is 2.12. The molecule has 0 aromatic heterocycles. The lowest BCUT2D eigenvalue weighted by Gasteiger charge is -2.11. The van der Waals surface area contributed by atoms with Crippen molar-refractivity contribution in [2.24, 2.45) is 0 Å². The van der Waals surface area contributed by atoms with E-state index in [1.807, 2.05) is 0 Å². The maximum atomic E-state index is 12.3. The van der Waals surface area contributed by atoms with Crippen molar-refractivity contribution in [2.45, 2.75) is 52.4 Å². The fraction of sp³-hybridized carbons (Fsp3) is 0.375. The largest absolute Gasteiger partial charge is 0.492 e. The van der Waals surface area contributed by atoms with E-state index in [2.05, 4.69) is 39.0 Å². The Hall–Kier alpha value is -2.58. The summed E-state index contributed by atoms with van der Waals surface area (Å²) in [5.74, 6) is -0.617. The van der Waals surface area contributed by atoms with Crippen LogP contribution in [0.4, 0.5) is 5.69 Å². The molecule has 3 N–H and O–H groups in total. The van der Waals surface area contributed by atoms with Crippen LogP contribution in [0, 0.1) is 6.92 Å². The van der Waals surface area contributed by atoms with Gasteiger partial charge in [-0.1, -0.05) is 43.9 Å². The molecule has 0 saturated heterocycles. The van der Waals surface area contributed by atoms with Gasteiger partial charge < -0.3 is 10.1 Å². The van der Waals surface area contributed by atoms with Crippen LogP contribution in [0.2, 0.25) is 5.02 Å². The van der Waals surface area contributed by atoms with Gasteiger partial charge in [0.1, 0.15) is 5.75 Å². The average molecular weight is 539 g/mol. The zero-order chi connectivity index (χ0) is 24.2. The van der Waals surface area contributed by atoms with Gasteiger partial charge in [0.15, 0.2) is 0 Å². The number of amides is 3. The molecule has 0 unspecified atom stereocenters. The van der Waals surface area contributed by atoms with Crippen LogP contribution < -0.4 is 20.9 Å². The van der Waals surface area contributed by atoms with E-state index < -0.39 is 11.8 Å². The van der Waals surface area contributed by atoms with Gasteiger partial charge in [0.05, 0.1) is 11.1 Å². The van der Waals surface area contributed by atoms with Gasteiger partial charge in [-0.25, -0.2) is 0 Å². The molecule has 0 fully saturated rings. The second kappa shape index (κ2) is 13.9. The van der Waals surface area contributed by atoms with E-state index in [1.165, 1.54) is 12.8 Å². The Morgan fingerprint density at radius 1 is 1.00 bits per heavy atom.